The van der Waals surface area contributed by atoms with Gasteiger partial charge in [-0.1, -0.05) is 30.7 Å². The van der Waals surface area contributed by atoms with E-state index >= 15 is 0 Å². The zero-order valence-electron chi connectivity index (χ0n) is 11.9. The van der Waals surface area contributed by atoms with E-state index in [2.05, 4.69) is 39.6 Å². The Hall–Kier alpha value is -2.10. The zero-order valence-corrected chi connectivity index (χ0v) is 11.9. The molecule has 1 heterocycles. The molecule has 0 spiro atoms. The molecule has 1 fully saturated rings. The molecular weight excluding hydrogens is 250 g/mol. The first-order valence-electron chi connectivity index (χ1n) is 7.00. The molecule has 4 nitrogen and oxygen atoms in total. The first kappa shape index (κ1) is 12.9. The van der Waals surface area contributed by atoms with E-state index in [1.165, 1.54) is 24.8 Å². The van der Waals surface area contributed by atoms with Gasteiger partial charge in [-0.05, 0) is 24.3 Å². The van der Waals surface area contributed by atoms with Crippen LogP contribution in [0.3, 0.4) is 0 Å². The summed E-state index contributed by atoms with van der Waals surface area (Å²) in [6.45, 7) is 0. The quantitative estimate of drug-likeness (QED) is 0.923. The second kappa shape index (κ2) is 5.49. The van der Waals surface area contributed by atoms with Crippen molar-refractivity contribution in [1.82, 2.24) is 9.97 Å². The number of nitrogens with zero attached hydrogens (tertiary/aromatic N) is 2. The van der Waals surface area contributed by atoms with Crippen LogP contribution >= 0.6 is 0 Å². The van der Waals surface area contributed by atoms with E-state index in [4.69, 9.17) is 4.74 Å². The van der Waals surface area contributed by atoms with Gasteiger partial charge in [0.05, 0.1) is 7.11 Å². The number of methoxy groups -OCH3 is 1. The lowest BCUT2D eigenvalue weighted by molar-refractivity contribution is 0.414. The van der Waals surface area contributed by atoms with E-state index in [1.54, 1.807) is 13.4 Å². The van der Waals surface area contributed by atoms with E-state index in [0.717, 1.165) is 17.2 Å². The molecule has 0 bridgehead atoms. The Morgan fingerprint density at radius 1 is 1.15 bits per heavy atom. The van der Waals surface area contributed by atoms with Gasteiger partial charge in [0.15, 0.2) is 11.6 Å². The van der Waals surface area contributed by atoms with E-state index in [1.807, 2.05) is 7.05 Å². The monoisotopic (exact) mass is 269 g/mol. The van der Waals surface area contributed by atoms with E-state index in [9.17, 15) is 0 Å². The standard InChI is InChI=1S/C16H19N3O/c1-17-16-15(20-2)14(18-10-19-16)13-8-6-12(7-9-13)11-4-3-5-11/h6-11H,3-5H2,1-2H3,(H,17,18,19). The molecule has 0 saturated heterocycles. The third-order valence-corrected chi connectivity index (χ3v) is 4.01. The summed E-state index contributed by atoms with van der Waals surface area (Å²) in [4.78, 5) is 8.54. The van der Waals surface area contributed by atoms with Gasteiger partial charge < -0.3 is 10.1 Å². The molecule has 1 aliphatic carbocycles. The zero-order chi connectivity index (χ0) is 13.9. The number of hydrogen-bond acceptors (Lipinski definition) is 4. The van der Waals surface area contributed by atoms with Crippen LogP contribution in [0.4, 0.5) is 5.82 Å². The van der Waals surface area contributed by atoms with Crippen molar-refractivity contribution in [2.45, 2.75) is 25.2 Å². The van der Waals surface area contributed by atoms with E-state index in [0.29, 0.717) is 11.6 Å². The lowest BCUT2D eigenvalue weighted by atomic mass is 9.80. The fraction of sp³-hybridized carbons (Fsp3) is 0.375. The first-order valence-corrected chi connectivity index (χ1v) is 7.00. The van der Waals surface area contributed by atoms with Crippen molar-refractivity contribution >= 4 is 5.82 Å². The normalized spacial score (nSPS) is 14.7. The van der Waals surface area contributed by atoms with Crippen molar-refractivity contribution in [3.05, 3.63) is 36.2 Å². The Kier molecular flexibility index (Phi) is 3.54. The van der Waals surface area contributed by atoms with Crippen molar-refractivity contribution in [1.29, 1.82) is 0 Å². The summed E-state index contributed by atoms with van der Waals surface area (Å²) in [5, 5.41) is 3.03. The van der Waals surface area contributed by atoms with Gasteiger partial charge in [0.2, 0.25) is 0 Å². The van der Waals surface area contributed by atoms with Gasteiger partial charge in [0.25, 0.3) is 0 Å². The molecule has 1 aromatic heterocycles. The Balaban J connectivity index is 1.95. The van der Waals surface area contributed by atoms with Crippen molar-refractivity contribution in [2.24, 2.45) is 0 Å². The maximum Gasteiger partial charge on any atom is 0.187 e. The molecule has 0 unspecified atom stereocenters. The van der Waals surface area contributed by atoms with Crippen LogP contribution in [0.25, 0.3) is 11.3 Å². The second-order valence-corrected chi connectivity index (χ2v) is 5.10. The minimum atomic E-state index is 0.686. The maximum absolute atomic E-state index is 5.44. The molecule has 0 aliphatic heterocycles. The molecule has 1 aromatic carbocycles. The van der Waals surface area contributed by atoms with Crippen LogP contribution < -0.4 is 10.1 Å². The van der Waals surface area contributed by atoms with Gasteiger partial charge in [0, 0.05) is 12.6 Å². The summed E-state index contributed by atoms with van der Waals surface area (Å²) in [6.07, 6.45) is 5.56. The van der Waals surface area contributed by atoms with Gasteiger partial charge >= 0.3 is 0 Å². The van der Waals surface area contributed by atoms with Crippen molar-refractivity contribution in [2.75, 3.05) is 19.5 Å². The Morgan fingerprint density at radius 2 is 1.90 bits per heavy atom. The average Bonchev–Trinajstić information content (AvgIpc) is 2.45. The molecule has 0 atom stereocenters. The van der Waals surface area contributed by atoms with Gasteiger partial charge in [-0.15, -0.1) is 0 Å². The first-order chi connectivity index (χ1) is 9.83. The van der Waals surface area contributed by atoms with Gasteiger partial charge in [0.1, 0.15) is 12.0 Å². The summed E-state index contributed by atoms with van der Waals surface area (Å²) in [6, 6.07) is 8.66. The van der Waals surface area contributed by atoms with Crippen LogP contribution in [-0.4, -0.2) is 24.1 Å². The highest BCUT2D eigenvalue weighted by Crippen LogP contribution is 2.38. The number of benzene rings is 1. The van der Waals surface area contributed by atoms with Crippen LogP contribution in [0, 0.1) is 0 Å². The fourth-order valence-electron chi connectivity index (χ4n) is 2.61. The topological polar surface area (TPSA) is 47.0 Å². The summed E-state index contributed by atoms with van der Waals surface area (Å²) < 4.78 is 5.44. The minimum absolute atomic E-state index is 0.686. The van der Waals surface area contributed by atoms with Gasteiger partial charge in [-0.3, -0.25) is 0 Å². The number of ether oxygens (including phenoxy) is 1. The summed E-state index contributed by atoms with van der Waals surface area (Å²) in [5.41, 5.74) is 3.32. The Morgan fingerprint density at radius 3 is 2.45 bits per heavy atom. The number of anilines is 1. The SMILES string of the molecule is CNc1ncnc(-c2ccc(C3CCC3)cc2)c1OC. The van der Waals surface area contributed by atoms with Crippen LogP contribution in [0.5, 0.6) is 5.75 Å². The van der Waals surface area contributed by atoms with Crippen LogP contribution in [0.15, 0.2) is 30.6 Å². The molecular formula is C16H19N3O. The van der Waals surface area contributed by atoms with Crippen molar-refractivity contribution in [3.63, 3.8) is 0 Å². The molecule has 4 heteroatoms. The Bertz CT molecular complexity index is 591. The minimum Gasteiger partial charge on any atom is -0.491 e. The highest BCUT2D eigenvalue weighted by Gasteiger charge is 2.19. The highest BCUT2D eigenvalue weighted by atomic mass is 16.5. The molecule has 3 rings (SSSR count). The van der Waals surface area contributed by atoms with Gasteiger partial charge in [-0.2, -0.15) is 0 Å². The van der Waals surface area contributed by atoms with E-state index < -0.39 is 0 Å². The molecule has 0 amide bonds. The number of rotatable bonds is 4. The molecule has 20 heavy (non-hydrogen) atoms. The molecule has 1 saturated carbocycles. The summed E-state index contributed by atoms with van der Waals surface area (Å²) >= 11 is 0. The van der Waals surface area contributed by atoms with Crippen LogP contribution in [0.2, 0.25) is 0 Å². The number of nitrogens with one attached hydrogen (secondary N) is 1. The number of aromatic nitrogens is 2. The third-order valence-electron chi connectivity index (χ3n) is 4.01. The molecule has 0 radical (unpaired) electrons. The maximum atomic E-state index is 5.44. The van der Waals surface area contributed by atoms with Crippen LogP contribution in [0.1, 0.15) is 30.7 Å². The van der Waals surface area contributed by atoms with Crippen molar-refractivity contribution < 1.29 is 4.74 Å². The molecule has 2 aromatic rings. The Labute approximate surface area is 119 Å². The summed E-state index contributed by atoms with van der Waals surface area (Å²) in [5.74, 6) is 2.15. The smallest absolute Gasteiger partial charge is 0.187 e. The number of hydrogen-bond donors (Lipinski definition) is 1. The fourth-order valence-corrected chi connectivity index (χ4v) is 2.61. The molecule has 1 N–H and O–H groups in total. The summed E-state index contributed by atoms with van der Waals surface area (Å²) in [7, 11) is 3.47. The average molecular weight is 269 g/mol. The van der Waals surface area contributed by atoms with Crippen LogP contribution in [-0.2, 0) is 0 Å². The largest absolute Gasteiger partial charge is 0.491 e. The lowest BCUT2D eigenvalue weighted by Crippen LogP contribution is -2.08. The van der Waals surface area contributed by atoms with E-state index in [-0.39, 0.29) is 0 Å². The van der Waals surface area contributed by atoms with Crippen molar-refractivity contribution in [3.8, 4) is 17.0 Å². The molecule has 1 aliphatic rings. The third kappa shape index (κ3) is 2.22. The lowest BCUT2D eigenvalue weighted by Gasteiger charge is -2.25. The highest BCUT2D eigenvalue weighted by molar-refractivity contribution is 5.72. The molecule has 104 valence electrons. The second-order valence-electron chi connectivity index (χ2n) is 5.10. The predicted octanol–water partition coefficient (Wildman–Crippen LogP) is 3.46. The van der Waals surface area contributed by atoms with Gasteiger partial charge in [-0.25, -0.2) is 9.97 Å². The predicted molar refractivity (Wildman–Crippen MR) is 80.2 cm³/mol.